The summed E-state index contributed by atoms with van der Waals surface area (Å²) in [5, 5.41) is 15.4. The van der Waals surface area contributed by atoms with Crippen molar-refractivity contribution in [2.45, 2.75) is 39.0 Å². The van der Waals surface area contributed by atoms with Crippen molar-refractivity contribution in [3.63, 3.8) is 0 Å². The van der Waals surface area contributed by atoms with Crippen LogP contribution in [0.1, 0.15) is 30.5 Å². The predicted molar refractivity (Wildman–Crippen MR) is 107 cm³/mol. The van der Waals surface area contributed by atoms with Gasteiger partial charge in [-0.3, -0.25) is 9.48 Å². The van der Waals surface area contributed by atoms with Gasteiger partial charge in [-0.2, -0.15) is 16.9 Å². The van der Waals surface area contributed by atoms with Crippen molar-refractivity contribution in [3.8, 4) is 11.6 Å². The fourth-order valence-electron chi connectivity index (χ4n) is 2.77. The number of hydrogen-bond donors (Lipinski definition) is 1. The average molecular weight is 385 g/mol. The van der Waals surface area contributed by atoms with E-state index >= 15 is 0 Å². The van der Waals surface area contributed by atoms with Crippen LogP contribution in [0, 0.1) is 6.92 Å². The van der Waals surface area contributed by atoms with Gasteiger partial charge in [-0.1, -0.05) is 12.1 Å². The zero-order valence-electron chi connectivity index (χ0n) is 15.7. The molecule has 8 heteroatoms. The van der Waals surface area contributed by atoms with Crippen LogP contribution < -0.4 is 5.32 Å². The molecule has 142 valence electrons. The van der Waals surface area contributed by atoms with Crippen molar-refractivity contribution in [2.75, 3.05) is 11.6 Å². The van der Waals surface area contributed by atoms with E-state index in [9.17, 15) is 4.79 Å². The lowest BCUT2D eigenvalue weighted by molar-refractivity contribution is -0.116. The van der Waals surface area contributed by atoms with Crippen LogP contribution in [-0.2, 0) is 23.5 Å². The Balaban J connectivity index is 1.58. The second-order valence-corrected chi connectivity index (χ2v) is 7.04. The van der Waals surface area contributed by atoms with E-state index in [2.05, 4.69) is 32.9 Å². The topological polar surface area (TPSA) is 85.8 Å². The van der Waals surface area contributed by atoms with E-state index in [0.717, 1.165) is 29.4 Å². The minimum atomic E-state index is -0.0782. The molecule has 0 bridgehead atoms. The number of thioether (sulfide) groups is 1. The summed E-state index contributed by atoms with van der Waals surface area (Å²) in [7, 11) is 0. The molecular weight excluding hydrogens is 362 g/mol. The summed E-state index contributed by atoms with van der Waals surface area (Å²) in [4.78, 5) is 12.2. The fourth-order valence-corrected chi connectivity index (χ4v) is 3.28. The Morgan fingerprint density at radius 3 is 2.93 bits per heavy atom. The Bertz CT molecular complexity index is 918. The van der Waals surface area contributed by atoms with Gasteiger partial charge >= 0.3 is 0 Å². The van der Waals surface area contributed by atoms with Crippen LogP contribution in [-0.4, -0.2) is 32.1 Å². The predicted octanol–water partition coefficient (Wildman–Crippen LogP) is 3.70. The number of benzene rings is 1. The highest BCUT2D eigenvalue weighted by molar-refractivity contribution is 7.97. The molecule has 0 aliphatic rings. The van der Waals surface area contributed by atoms with Crippen molar-refractivity contribution in [3.05, 3.63) is 47.5 Å². The molecule has 1 amide bonds. The summed E-state index contributed by atoms with van der Waals surface area (Å²) in [6.07, 6.45) is 2.72. The maximum Gasteiger partial charge on any atom is 0.265 e. The molecule has 3 aromatic rings. The number of amides is 1. The third-order valence-corrected chi connectivity index (χ3v) is 4.60. The molecule has 3 rings (SSSR count). The van der Waals surface area contributed by atoms with Crippen LogP contribution in [0.2, 0.25) is 0 Å². The molecule has 0 saturated carbocycles. The lowest BCUT2D eigenvalue weighted by Crippen LogP contribution is -2.12. The van der Waals surface area contributed by atoms with E-state index in [1.807, 2.05) is 42.8 Å². The zero-order chi connectivity index (χ0) is 19.2. The van der Waals surface area contributed by atoms with Crippen molar-refractivity contribution in [1.29, 1.82) is 0 Å². The Kier molecular flexibility index (Phi) is 6.28. The van der Waals surface area contributed by atoms with Crippen molar-refractivity contribution < 1.29 is 9.21 Å². The van der Waals surface area contributed by atoms with Gasteiger partial charge in [-0.05, 0) is 43.9 Å². The number of rotatable bonds is 8. The lowest BCUT2D eigenvalue weighted by Gasteiger charge is -2.06. The molecular formula is C19H23N5O2S. The fraction of sp³-hybridized carbons (Fsp3) is 0.368. The monoisotopic (exact) mass is 385 g/mol. The summed E-state index contributed by atoms with van der Waals surface area (Å²) in [6.45, 7) is 4.65. The molecule has 0 unspecified atom stereocenters. The Hall–Kier alpha value is -2.61. The van der Waals surface area contributed by atoms with Crippen LogP contribution in [0.4, 0.5) is 5.69 Å². The Morgan fingerprint density at radius 2 is 2.15 bits per heavy atom. The number of aryl methyl sites for hydroxylation is 3. The van der Waals surface area contributed by atoms with Crippen LogP contribution in [0.5, 0.6) is 0 Å². The van der Waals surface area contributed by atoms with Crippen molar-refractivity contribution >= 4 is 23.4 Å². The first-order valence-electron chi connectivity index (χ1n) is 8.84. The third kappa shape index (κ3) is 4.97. The number of carbonyl (C=O) groups is 1. The maximum absolute atomic E-state index is 12.2. The normalized spacial score (nSPS) is 10.9. The van der Waals surface area contributed by atoms with E-state index < -0.39 is 0 Å². The van der Waals surface area contributed by atoms with E-state index in [0.29, 0.717) is 18.2 Å². The smallest absolute Gasteiger partial charge is 0.265 e. The minimum Gasteiger partial charge on any atom is -0.419 e. The molecule has 2 heterocycles. The van der Waals surface area contributed by atoms with Gasteiger partial charge in [0, 0.05) is 30.8 Å². The molecule has 0 atom stereocenters. The molecule has 0 radical (unpaired) electrons. The van der Waals surface area contributed by atoms with E-state index in [4.69, 9.17) is 4.42 Å². The van der Waals surface area contributed by atoms with Crippen LogP contribution in [0.25, 0.3) is 11.6 Å². The van der Waals surface area contributed by atoms with Crippen LogP contribution in [0.3, 0.4) is 0 Å². The number of nitrogens with one attached hydrogen (secondary N) is 1. The number of nitrogens with zero attached hydrogens (tertiary/aromatic N) is 4. The standard InChI is InChI=1S/C19H23N5O2S/c1-4-24-16(10-13(2)23-24)19-22-21-18(26-19)9-8-17(25)20-15-7-5-6-14(11-15)12-27-3/h5-7,10-11H,4,8-9,12H2,1-3H3,(H,20,25). The second-order valence-electron chi connectivity index (χ2n) is 6.17. The van der Waals surface area contributed by atoms with Crippen molar-refractivity contribution in [2.24, 2.45) is 0 Å². The summed E-state index contributed by atoms with van der Waals surface area (Å²) in [5.41, 5.74) is 3.68. The van der Waals surface area contributed by atoms with Gasteiger partial charge in [-0.15, -0.1) is 10.2 Å². The van der Waals surface area contributed by atoms with Gasteiger partial charge < -0.3 is 9.73 Å². The zero-order valence-corrected chi connectivity index (χ0v) is 16.5. The summed E-state index contributed by atoms with van der Waals surface area (Å²) in [6, 6.07) is 9.79. The van der Waals surface area contributed by atoms with Gasteiger partial charge in [0.05, 0.1) is 5.69 Å². The first kappa shape index (κ1) is 19.2. The quantitative estimate of drug-likeness (QED) is 0.636. The number of anilines is 1. The summed E-state index contributed by atoms with van der Waals surface area (Å²) in [5.74, 6) is 1.71. The average Bonchev–Trinajstić information content (AvgIpc) is 3.26. The highest BCUT2D eigenvalue weighted by Crippen LogP contribution is 2.20. The summed E-state index contributed by atoms with van der Waals surface area (Å²) >= 11 is 1.75. The van der Waals surface area contributed by atoms with Gasteiger partial charge in [0.25, 0.3) is 5.89 Å². The molecule has 0 fully saturated rings. The molecule has 0 aliphatic carbocycles. The van der Waals surface area contributed by atoms with Crippen LogP contribution >= 0.6 is 11.8 Å². The molecule has 0 spiro atoms. The lowest BCUT2D eigenvalue weighted by atomic mass is 10.2. The molecule has 0 saturated heterocycles. The first-order chi connectivity index (χ1) is 13.1. The largest absolute Gasteiger partial charge is 0.419 e. The van der Waals surface area contributed by atoms with Gasteiger partial charge in [0.15, 0.2) is 0 Å². The van der Waals surface area contributed by atoms with E-state index in [1.165, 1.54) is 5.56 Å². The molecule has 0 aliphatic heterocycles. The van der Waals surface area contributed by atoms with Crippen LogP contribution in [0.15, 0.2) is 34.7 Å². The van der Waals surface area contributed by atoms with Gasteiger partial charge in [0.1, 0.15) is 5.69 Å². The van der Waals surface area contributed by atoms with Crippen molar-refractivity contribution in [1.82, 2.24) is 20.0 Å². The Labute approximate surface area is 162 Å². The molecule has 2 aromatic heterocycles. The first-order valence-corrected chi connectivity index (χ1v) is 10.2. The molecule has 1 aromatic carbocycles. The number of aromatic nitrogens is 4. The molecule has 27 heavy (non-hydrogen) atoms. The van der Waals surface area contributed by atoms with Gasteiger partial charge in [0.2, 0.25) is 11.8 Å². The molecule has 1 N–H and O–H groups in total. The Morgan fingerprint density at radius 1 is 1.30 bits per heavy atom. The van der Waals surface area contributed by atoms with E-state index in [1.54, 1.807) is 11.8 Å². The minimum absolute atomic E-state index is 0.0782. The highest BCUT2D eigenvalue weighted by atomic mass is 32.2. The second kappa shape index (κ2) is 8.85. The molecule has 7 nitrogen and oxygen atoms in total. The van der Waals surface area contributed by atoms with Gasteiger partial charge in [-0.25, -0.2) is 0 Å². The SMILES string of the molecule is CCn1nc(C)cc1-c1nnc(CCC(=O)Nc2cccc(CSC)c2)o1. The maximum atomic E-state index is 12.2. The van der Waals surface area contributed by atoms with E-state index in [-0.39, 0.29) is 12.3 Å². The number of hydrogen-bond acceptors (Lipinski definition) is 6. The summed E-state index contributed by atoms with van der Waals surface area (Å²) < 4.78 is 7.53. The highest BCUT2D eigenvalue weighted by Gasteiger charge is 2.15. The third-order valence-electron chi connectivity index (χ3n) is 3.98. The number of carbonyl (C=O) groups excluding carboxylic acids is 1.